The predicted molar refractivity (Wildman–Crippen MR) is 71.2 cm³/mol. The highest BCUT2D eigenvalue weighted by atomic mass is 16.5. The van der Waals surface area contributed by atoms with Gasteiger partial charge in [-0.15, -0.1) is 0 Å². The van der Waals surface area contributed by atoms with E-state index in [4.69, 9.17) is 4.74 Å². The summed E-state index contributed by atoms with van der Waals surface area (Å²) in [7, 11) is 1.76. The molecule has 0 aromatic heterocycles. The number of carbonyl (C=O) groups is 1. The summed E-state index contributed by atoms with van der Waals surface area (Å²) in [6.07, 6.45) is 6.79. The van der Waals surface area contributed by atoms with Gasteiger partial charge in [0, 0.05) is 13.2 Å². The zero-order valence-corrected chi connectivity index (χ0v) is 11.8. The molecule has 2 aliphatic rings. The van der Waals surface area contributed by atoms with Crippen molar-refractivity contribution in [3.8, 4) is 0 Å². The van der Waals surface area contributed by atoms with E-state index in [0.717, 1.165) is 38.5 Å². The summed E-state index contributed by atoms with van der Waals surface area (Å²) in [5.74, 6) is 0.315. The Morgan fingerprint density at radius 3 is 2.50 bits per heavy atom. The van der Waals surface area contributed by atoms with Crippen molar-refractivity contribution in [2.24, 2.45) is 0 Å². The van der Waals surface area contributed by atoms with Crippen LogP contribution in [0.15, 0.2) is 0 Å². The van der Waals surface area contributed by atoms with Crippen LogP contribution in [0.4, 0.5) is 0 Å². The molecular weight excluding hydrogens is 228 g/mol. The first-order chi connectivity index (χ1) is 8.71. The molecule has 1 amide bonds. The first kappa shape index (κ1) is 13.8. The molecule has 1 heterocycles. The number of nitrogens with one attached hydrogen (secondary N) is 1. The van der Waals surface area contributed by atoms with E-state index in [1.807, 2.05) is 0 Å². The van der Waals surface area contributed by atoms with Crippen LogP contribution >= 0.6 is 0 Å². The molecule has 1 saturated heterocycles. The fourth-order valence-corrected chi connectivity index (χ4v) is 3.10. The van der Waals surface area contributed by atoms with E-state index in [0.29, 0.717) is 18.1 Å². The first-order valence-corrected chi connectivity index (χ1v) is 7.32. The van der Waals surface area contributed by atoms with Gasteiger partial charge in [0.05, 0.1) is 18.3 Å². The molecule has 104 valence electrons. The maximum absolute atomic E-state index is 12.4. The molecule has 0 bridgehead atoms. The van der Waals surface area contributed by atoms with Crippen molar-refractivity contribution in [1.82, 2.24) is 10.2 Å². The summed E-state index contributed by atoms with van der Waals surface area (Å²) in [6, 6.07) is 0.446. The molecule has 1 N–H and O–H groups in total. The Morgan fingerprint density at radius 1 is 1.28 bits per heavy atom. The summed E-state index contributed by atoms with van der Waals surface area (Å²) in [5, 5.41) is 3.51. The van der Waals surface area contributed by atoms with Crippen LogP contribution in [-0.2, 0) is 9.53 Å². The van der Waals surface area contributed by atoms with Gasteiger partial charge in [0.2, 0.25) is 5.91 Å². The lowest BCUT2D eigenvalue weighted by atomic mass is 9.87. The third-order valence-corrected chi connectivity index (χ3v) is 4.22. The van der Waals surface area contributed by atoms with Gasteiger partial charge in [-0.25, -0.2) is 0 Å². The number of methoxy groups -OCH3 is 1. The molecule has 0 aromatic carbocycles. The third-order valence-electron chi connectivity index (χ3n) is 4.22. The third kappa shape index (κ3) is 2.54. The largest absolute Gasteiger partial charge is 0.381 e. The Kier molecular flexibility index (Phi) is 4.62. The monoisotopic (exact) mass is 254 g/mol. The van der Waals surface area contributed by atoms with E-state index in [2.05, 4.69) is 24.1 Å². The second-order valence-electron chi connectivity index (χ2n) is 5.54. The van der Waals surface area contributed by atoms with Crippen LogP contribution in [0.5, 0.6) is 0 Å². The standard InChI is InChI=1S/C14H26N2O2/c1-4-6-12-14(17)16(13(15-12)7-5-2)10-8-11(9-10)18-3/h10-13,15H,4-9H2,1-3H3. The smallest absolute Gasteiger partial charge is 0.241 e. The van der Waals surface area contributed by atoms with Crippen LogP contribution in [0.2, 0.25) is 0 Å². The van der Waals surface area contributed by atoms with Gasteiger partial charge >= 0.3 is 0 Å². The molecule has 1 saturated carbocycles. The summed E-state index contributed by atoms with van der Waals surface area (Å²) in [5.41, 5.74) is 0. The zero-order chi connectivity index (χ0) is 13.1. The second kappa shape index (κ2) is 6.02. The maximum atomic E-state index is 12.4. The van der Waals surface area contributed by atoms with Crippen LogP contribution in [0.1, 0.15) is 52.4 Å². The minimum absolute atomic E-state index is 0.0492. The number of hydrogen-bond acceptors (Lipinski definition) is 3. The summed E-state index contributed by atoms with van der Waals surface area (Å²) >= 11 is 0. The molecule has 2 fully saturated rings. The van der Waals surface area contributed by atoms with Crippen molar-refractivity contribution in [3.05, 3.63) is 0 Å². The number of nitrogens with zero attached hydrogens (tertiary/aromatic N) is 1. The van der Waals surface area contributed by atoms with E-state index >= 15 is 0 Å². The molecule has 1 aliphatic heterocycles. The average Bonchev–Trinajstić information content (AvgIpc) is 2.58. The molecular formula is C14H26N2O2. The van der Waals surface area contributed by atoms with Gasteiger partial charge in [0.15, 0.2) is 0 Å². The molecule has 0 spiro atoms. The normalized spacial score (nSPS) is 35.9. The molecule has 4 nitrogen and oxygen atoms in total. The van der Waals surface area contributed by atoms with Gasteiger partial charge in [-0.3, -0.25) is 10.1 Å². The van der Waals surface area contributed by atoms with Crippen LogP contribution in [-0.4, -0.2) is 42.3 Å². The minimum Gasteiger partial charge on any atom is -0.381 e. The number of rotatable bonds is 6. The van der Waals surface area contributed by atoms with Crippen molar-refractivity contribution >= 4 is 5.91 Å². The number of hydrogen-bond donors (Lipinski definition) is 1. The second-order valence-corrected chi connectivity index (χ2v) is 5.54. The van der Waals surface area contributed by atoms with Gasteiger partial charge in [0.25, 0.3) is 0 Å². The fraction of sp³-hybridized carbons (Fsp3) is 0.929. The molecule has 0 aromatic rings. The molecule has 2 unspecified atom stereocenters. The summed E-state index contributed by atoms with van der Waals surface area (Å²) in [4.78, 5) is 14.5. The Labute approximate surface area is 110 Å². The fourth-order valence-electron chi connectivity index (χ4n) is 3.10. The highest BCUT2D eigenvalue weighted by molar-refractivity contribution is 5.84. The Bertz CT molecular complexity index is 290. The highest BCUT2D eigenvalue weighted by Crippen LogP contribution is 2.33. The van der Waals surface area contributed by atoms with Crippen LogP contribution in [0.25, 0.3) is 0 Å². The van der Waals surface area contributed by atoms with E-state index < -0.39 is 0 Å². The van der Waals surface area contributed by atoms with Gasteiger partial charge in [-0.05, 0) is 25.7 Å². The Morgan fingerprint density at radius 2 is 1.94 bits per heavy atom. The molecule has 2 atom stereocenters. The van der Waals surface area contributed by atoms with Gasteiger partial charge < -0.3 is 9.64 Å². The molecule has 4 heteroatoms. The SMILES string of the molecule is CCCC1NC(CCC)N(C2CC(OC)C2)C1=O. The zero-order valence-electron chi connectivity index (χ0n) is 11.8. The van der Waals surface area contributed by atoms with Gasteiger partial charge in [0.1, 0.15) is 0 Å². The maximum Gasteiger partial charge on any atom is 0.241 e. The minimum atomic E-state index is 0.0492. The van der Waals surface area contributed by atoms with Gasteiger partial charge in [-0.2, -0.15) is 0 Å². The Hall–Kier alpha value is -0.610. The van der Waals surface area contributed by atoms with Crippen molar-refractivity contribution in [1.29, 1.82) is 0 Å². The van der Waals surface area contributed by atoms with E-state index in [1.165, 1.54) is 0 Å². The Balaban J connectivity index is 1.98. The molecule has 2 rings (SSSR count). The number of amides is 1. The van der Waals surface area contributed by atoms with Crippen molar-refractivity contribution in [3.63, 3.8) is 0 Å². The average molecular weight is 254 g/mol. The van der Waals surface area contributed by atoms with Crippen molar-refractivity contribution in [2.75, 3.05) is 7.11 Å². The van der Waals surface area contributed by atoms with Gasteiger partial charge in [-0.1, -0.05) is 26.7 Å². The van der Waals surface area contributed by atoms with E-state index in [-0.39, 0.29) is 12.2 Å². The predicted octanol–water partition coefficient (Wildman–Crippen LogP) is 1.89. The summed E-state index contributed by atoms with van der Waals surface area (Å²) in [6.45, 7) is 4.31. The lowest BCUT2D eigenvalue weighted by molar-refractivity contribution is -0.137. The molecule has 1 aliphatic carbocycles. The lowest BCUT2D eigenvalue weighted by Gasteiger charge is -2.42. The number of carbonyl (C=O) groups excluding carboxylic acids is 1. The molecule has 0 radical (unpaired) electrons. The number of ether oxygens (including phenoxy) is 1. The topological polar surface area (TPSA) is 41.6 Å². The van der Waals surface area contributed by atoms with Crippen LogP contribution in [0.3, 0.4) is 0 Å². The molecule has 18 heavy (non-hydrogen) atoms. The van der Waals surface area contributed by atoms with E-state index in [1.54, 1.807) is 7.11 Å². The lowest BCUT2D eigenvalue weighted by Crippen LogP contribution is -2.52. The van der Waals surface area contributed by atoms with E-state index in [9.17, 15) is 4.79 Å². The quantitative estimate of drug-likeness (QED) is 0.787. The van der Waals surface area contributed by atoms with Crippen LogP contribution in [0, 0.1) is 0 Å². The highest BCUT2D eigenvalue weighted by Gasteiger charge is 2.45. The van der Waals surface area contributed by atoms with Crippen LogP contribution < -0.4 is 5.32 Å². The summed E-state index contributed by atoms with van der Waals surface area (Å²) < 4.78 is 5.32. The van der Waals surface area contributed by atoms with Crippen molar-refractivity contribution < 1.29 is 9.53 Å². The van der Waals surface area contributed by atoms with Crippen molar-refractivity contribution in [2.45, 2.75) is 76.7 Å². The first-order valence-electron chi connectivity index (χ1n) is 7.32.